The van der Waals surface area contributed by atoms with Gasteiger partial charge in [-0.3, -0.25) is 0 Å². The van der Waals surface area contributed by atoms with Crippen LogP contribution in [0.2, 0.25) is 0 Å². The molecule has 5 nitrogen and oxygen atoms in total. The van der Waals surface area contributed by atoms with Crippen LogP contribution < -0.4 is 18.9 Å². The maximum absolute atomic E-state index is 10.6. The van der Waals surface area contributed by atoms with Crippen LogP contribution in [0.5, 0.6) is 23.0 Å². The zero-order chi connectivity index (χ0) is 11.5. The Bertz CT molecular complexity index is 413. The second-order valence-corrected chi connectivity index (χ2v) is 3.21. The minimum atomic E-state index is 0.132. The maximum atomic E-state index is 10.6. The molecule has 0 amide bonds. The van der Waals surface area contributed by atoms with Gasteiger partial charge in [0.05, 0.1) is 14.2 Å². The van der Waals surface area contributed by atoms with Gasteiger partial charge in [0.1, 0.15) is 6.29 Å². The van der Waals surface area contributed by atoms with Crippen molar-refractivity contribution in [3.63, 3.8) is 0 Å². The second-order valence-electron chi connectivity index (χ2n) is 3.21. The van der Waals surface area contributed by atoms with Gasteiger partial charge in [-0.15, -0.1) is 0 Å². The molecule has 0 saturated heterocycles. The molecule has 16 heavy (non-hydrogen) atoms. The Morgan fingerprint density at radius 2 is 2.06 bits per heavy atom. The number of methoxy groups -OCH3 is 2. The van der Waals surface area contributed by atoms with Crippen LogP contribution in [0.25, 0.3) is 0 Å². The van der Waals surface area contributed by atoms with Crippen LogP contribution in [-0.4, -0.2) is 27.3 Å². The Morgan fingerprint density at radius 3 is 2.69 bits per heavy atom. The number of fused-ring (bicyclic) bond motifs is 1. The Labute approximate surface area is 92.9 Å². The normalized spacial score (nSPS) is 12.4. The van der Waals surface area contributed by atoms with E-state index < -0.39 is 0 Å². The second kappa shape index (κ2) is 4.30. The van der Waals surface area contributed by atoms with Gasteiger partial charge in [0, 0.05) is 12.0 Å². The van der Waals surface area contributed by atoms with Gasteiger partial charge >= 0.3 is 0 Å². The van der Waals surface area contributed by atoms with Crippen molar-refractivity contribution >= 4 is 6.29 Å². The van der Waals surface area contributed by atoms with Crippen molar-refractivity contribution in [2.24, 2.45) is 0 Å². The molecule has 1 aliphatic rings. The quantitative estimate of drug-likeness (QED) is 0.718. The van der Waals surface area contributed by atoms with E-state index >= 15 is 0 Å². The molecule has 0 aromatic heterocycles. The largest absolute Gasteiger partial charge is 0.493 e. The number of rotatable bonds is 4. The van der Waals surface area contributed by atoms with Crippen LogP contribution in [-0.2, 0) is 11.2 Å². The van der Waals surface area contributed by atoms with Gasteiger partial charge in [0.15, 0.2) is 11.5 Å². The number of aldehydes is 1. The lowest BCUT2D eigenvalue weighted by Crippen LogP contribution is -1.97. The monoisotopic (exact) mass is 224 g/mol. The van der Waals surface area contributed by atoms with Gasteiger partial charge in [-0.05, 0) is 6.07 Å². The van der Waals surface area contributed by atoms with E-state index in [4.69, 9.17) is 18.9 Å². The minimum Gasteiger partial charge on any atom is -0.493 e. The molecule has 5 heteroatoms. The summed E-state index contributed by atoms with van der Waals surface area (Å²) < 4.78 is 21.0. The maximum Gasteiger partial charge on any atom is 0.231 e. The highest BCUT2D eigenvalue weighted by atomic mass is 16.7. The van der Waals surface area contributed by atoms with Gasteiger partial charge < -0.3 is 23.7 Å². The Balaban J connectivity index is 2.58. The zero-order valence-electron chi connectivity index (χ0n) is 9.11. The van der Waals surface area contributed by atoms with Gasteiger partial charge in [0.2, 0.25) is 18.3 Å². The molecule has 0 bridgehead atoms. The van der Waals surface area contributed by atoms with Crippen molar-refractivity contribution in [1.29, 1.82) is 0 Å². The lowest BCUT2D eigenvalue weighted by Gasteiger charge is -2.12. The third-order valence-electron chi connectivity index (χ3n) is 2.37. The van der Waals surface area contributed by atoms with Crippen LogP contribution >= 0.6 is 0 Å². The Hall–Kier alpha value is -1.91. The number of ether oxygens (including phenoxy) is 4. The molecule has 0 atom stereocenters. The molecule has 1 aromatic rings. The molecule has 0 spiro atoms. The molecule has 1 aliphatic heterocycles. The van der Waals surface area contributed by atoms with Crippen LogP contribution in [0.3, 0.4) is 0 Å². The van der Waals surface area contributed by atoms with Crippen LogP contribution in [0.15, 0.2) is 6.07 Å². The molecular weight excluding hydrogens is 212 g/mol. The van der Waals surface area contributed by atoms with Gasteiger partial charge in [0.25, 0.3) is 0 Å². The molecule has 0 N–H and O–H groups in total. The molecule has 0 fully saturated rings. The summed E-state index contributed by atoms with van der Waals surface area (Å²) in [4.78, 5) is 10.6. The van der Waals surface area contributed by atoms with E-state index in [9.17, 15) is 4.79 Å². The third-order valence-corrected chi connectivity index (χ3v) is 2.37. The van der Waals surface area contributed by atoms with Gasteiger partial charge in [-0.25, -0.2) is 0 Å². The van der Waals surface area contributed by atoms with Crippen LogP contribution in [0, 0.1) is 0 Å². The van der Waals surface area contributed by atoms with E-state index in [1.165, 1.54) is 14.2 Å². The molecule has 0 aliphatic carbocycles. The summed E-state index contributed by atoms with van der Waals surface area (Å²) in [6.07, 6.45) is 1.05. The van der Waals surface area contributed by atoms with Crippen molar-refractivity contribution in [3.05, 3.63) is 11.6 Å². The molecule has 1 heterocycles. The standard InChI is InChI=1S/C11H12O5/c1-13-8-5-7(3-4-12)9(14-2)11-10(8)15-6-16-11/h4-5H,3,6H2,1-2H3. The first-order chi connectivity index (χ1) is 7.81. The first-order valence-electron chi connectivity index (χ1n) is 4.79. The van der Waals surface area contributed by atoms with E-state index in [-0.39, 0.29) is 13.2 Å². The van der Waals surface area contributed by atoms with Crippen LogP contribution in [0.1, 0.15) is 5.56 Å². The average molecular weight is 224 g/mol. The number of hydrogen-bond donors (Lipinski definition) is 0. The van der Waals surface area contributed by atoms with E-state index in [2.05, 4.69) is 0 Å². The van der Waals surface area contributed by atoms with Gasteiger partial charge in [-0.2, -0.15) is 0 Å². The van der Waals surface area contributed by atoms with Crippen molar-refractivity contribution in [2.45, 2.75) is 6.42 Å². The molecule has 2 rings (SSSR count). The van der Waals surface area contributed by atoms with E-state index in [1.54, 1.807) is 6.07 Å². The molecule has 0 unspecified atom stereocenters. The average Bonchev–Trinajstić information content (AvgIpc) is 2.77. The summed E-state index contributed by atoms with van der Waals surface area (Å²) in [6.45, 7) is 0.132. The van der Waals surface area contributed by atoms with Gasteiger partial charge in [-0.1, -0.05) is 0 Å². The highest BCUT2D eigenvalue weighted by Gasteiger charge is 2.26. The summed E-state index contributed by atoms with van der Waals surface area (Å²) >= 11 is 0. The number of hydrogen-bond acceptors (Lipinski definition) is 5. The molecular formula is C11H12O5. The zero-order valence-corrected chi connectivity index (χ0v) is 9.11. The Morgan fingerprint density at radius 1 is 1.31 bits per heavy atom. The van der Waals surface area contributed by atoms with Crippen molar-refractivity contribution in [2.75, 3.05) is 21.0 Å². The van der Waals surface area contributed by atoms with Crippen molar-refractivity contribution < 1.29 is 23.7 Å². The number of carbonyl (C=O) groups is 1. The summed E-state index contributed by atoms with van der Waals surface area (Å²) in [7, 11) is 3.06. The highest BCUT2D eigenvalue weighted by Crippen LogP contribution is 2.49. The highest BCUT2D eigenvalue weighted by molar-refractivity contribution is 5.68. The van der Waals surface area contributed by atoms with Crippen molar-refractivity contribution in [3.8, 4) is 23.0 Å². The van der Waals surface area contributed by atoms with E-state index in [0.717, 1.165) is 11.8 Å². The topological polar surface area (TPSA) is 54.0 Å². The summed E-state index contributed by atoms with van der Waals surface area (Å²) in [5.41, 5.74) is 0.721. The fraction of sp³-hybridized carbons (Fsp3) is 0.364. The fourth-order valence-electron chi connectivity index (χ4n) is 1.68. The molecule has 0 saturated carbocycles. The number of carbonyl (C=O) groups excluding carboxylic acids is 1. The summed E-state index contributed by atoms with van der Waals surface area (Å²) in [5.74, 6) is 2.10. The fourth-order valence-corrected chi connectivity index (χ4v) is 1.68. The first kappa shape index (κ1) is 10.6. The SMILES string of the molecule is COc1cc(CC=O)c(OC)c2c1OCO2. The molecule has 86 valence electrons. The molecule has 0 radical (unpaired) electrons. The van der Waals surface area contributed by atoms with E-state index in [0.29, 0.717) is 23.0 Å². The Kier molecular flexibility index (Phi) is 2.85. The van der Waals surface area contributed by atoms with E-state index in [1.807, 2.05) is 0 Å². The summed E-state index contributed by atoms with van der Waals surface area (Å²) in [6, 6.07) is 1.72. The first-order valence-corrected chi connectivity index (χ1v) is 4.79. The summed E-state index contributed by atoms with van der Waals surface area (Å²) in [5, 5.41) is 0. The lowest BCUT2D eigenvalue weighted by atomic mass is 10.1. The predicted molar refractivity (Wildman–Crippen MR) is 55.4 cm³/mol. The minimum absolute atomic E-state index is 0.132. The third kappa shape index (κ3) is 1.54. The van der Waals surface area contributed by atoms with Crippen LogP contribution in [0.4, 0.5) is 0 Å². The smallest absolute Gasteiger partial charge is 0.231 e. The predicted octanol–water partition coefficient (Wildman–Crippen LogP) is 1.17. The molecule has 1 aromatic carbocycles. The van der Waals surface area contributed by atoms with Crippen molar-refractivity contribution in [1.82, 2.24) is 0 Å². The lowest BCUT2D eigenvalue weighted by molar-refractivity contribution is -0.107. The number of benzene rings is 1.